The lowest BCUT2D eigenvalue weighted by molar-refractivity contribution is -0.116. The molecule has 6 heteroatoms. The Balaban J connectivity index is 2.37. The summed E-state index contributed by atoms with van der Waals surface area (Å²) in [7, 11) is -3.61. The van der Waals surface area contributed by atoms with Gasteiger partial charge < -0.3 is 5.32 Å². The second-order valence-corrected chi connectivity index (χ2v) is 8.08. The normalized spacial score (nSPS) is 12.5. The van der Waals surface area contributed by atoms with Crippen LogP contribution in [0.2, 0.25) is 0 Å². The summed E-state index contributed by atoms with van der Waals surface area (Å²) >= 11 is 0. The van der Waals surface area contributed by atoms with Crippen molar-refractivity contribution in [1.82, 2.24) is 0 Å². The monoisotopic (exact) mass is 374 g/mol. The Morgan fingerprint density at radius 3 is 2.00 bits per heavy atom. The summed E-state index contributed by atoms with van der Waals surface area (Å²) in [6, 6.07) is 13.7. The molecule has 0 bridgehead atoms. The molecule has 1 amide bonds. The lowest BCUT2D eigenvalue weighted by atomic mass is 10.0. The molecule has 0 radical (unpaired) electrons. The third-order valence-electron chi connectivity index (χ3n) is 4.35. The molecule has 0 aliphatic heterocycles. The summed E-state index contributed by atoms with van der Waals surface area (Å²) < 4.78 is 25.8. The first kappa shape index (κ1) is 20.0. The largest absolute Gasteiger partial charge is 0.324 e. The van der Waals surface area contributed by atoms with Gasteiger partial charge in [0, 0.05) is 5.69 Å². The Labute approximate surface area is 156 Å². The molecule has 0 spiro atoms. The fourth-order valence-corrected chi connectivity index (χ4v) is 4.19. The first-order valence-electron chi connectivity index (χ1n) is 8.75. The van der Waals surface area contributed by atoms with Gasteiger partial charge in [-0.3, -0.25) is 9.10 Å². The van der Waals surface area contributed by atoms with Crippen LogP contribution in [0.15, 0.2) is 48.5 Å². The zero-order valence-electron chi connectivity index (χ0n) is 15.7. The van der Waals surface area contributed by atoms with E-state index in [9.17, 15) is 13.2 Å². The van der Waals surface area contributed by atoms with E-state index >= 15 is 0 Å². The molecule has 0 aliphatic carbocycles. The van der Waals surface area contributed by atoms with Gasteiger partial charge in [-0.05, 0) is 43.0 Å². The van der Waals surface area contributed by atoms with Crippen molar-refractivity contribution in [2.75, 3.05) is 15.9 Å². The Bertz CT molecular complexity index is 842. The molecule has 5 nitrogen and oxygen atoms in total. The number of carbonyl (C=O) groups excluding carboxylic acids is 1. The number of hydrogen-bond acceptors (Lipinski definition) is 3. The maximum atomic E-state index is 12.9. The fraction of sp³-hybridized carbons (Fsp3) is 0.350. The molecule has 2 rings (SSSR count). The van der Waals surface area contributed by atoms with Gasteiger partial charge in [0.2, 0.25) is 15.9 Å². The Kier molecular flexibility index (Phi) is 6.42. The molecular formula is C20H26N2O3S. The van der Waals surface area contributed by atoms with Crippen LogP contribution in [0.1, 0.15) is 31.9 Å². The zero-order valence-corrected chi connectivity index (χ0v) is 16.5. The van der Waals surface area contributed by atoms with Crippen molar-refractivity contribution in [2.24, 2.45) is 0 Å². The predicted octanol–water partition coefficient (Wildman–Crippen LogP) is 3.60. The Morgan fingerprint density at radius 2 is 1.54 bits per heavy atom. The summed E-state index contributed by atoms with van der Waals surface area (Å²) in [6.07, 6.45) is 2.68. The quantitative estimate of drug-likeness (QED) is 0.805. The van der Waals surface area contributed by atoms with Crippen molar-refractivity contribution in [3.05, 3.63) is 59.7 Å². The average Bonchev–Trinajstić information content (AvgIpc) is 2.61. The molecule has 0 aliphatic rings. The number of anilines is 2. The molecule has 2 aromatic carbocycles. The highest BCUT2D eigenvalue weighted by Gasteiger charge is 2.29. The van der Waals surface area contributed by atoms with Crippen LogP contribution in [0.3, 0.4) is 0 Å². The van der Waals surface area contributed by atoms with Crippen LogP contribution < -0.4 is 9.62 Å². The Hall–Kier alpha value is -2.34. The highest BCUT2D eigenvalue weighted by molar-refractivity contribution is 7.92. The molecule has 26 heavy (non-hydrogen) atoms. The smallest absolute Gasteiger partial charge is 0.248 e. The van der Waals surface area contributed by atoms with E-state index in [1.165, 1.54) is 0 Å². The first-order chi connectivity index (χ1) is 12.3. The minimum Gasteiger partial charge on any atom is -0.324 e. The van der Waals surface area contributed by atoms with Gasteiger partial charge in [0.25, 0.3) is 0 Å². The van der Waals surface area contributed by atoms with Gasteiger partial charge in [-0.15, -0.1) is 0 Å². The van der Waals surface area contributed by atoms with Crippen molar-refractivity contribution in [1.29, 1.82) is 0 Å². The van der Waals surface area contributed by atoms with Gasteiger partial charge in [-0.2, -0.15) is 0 Å². The predicted molar refractivity (Wildman–Crippen MR) is 107 cm³/mol. The summed E-state index contributed by atoms with van der Waals surface area (Å²) in [6.45, 7) is 5.66. The van der Waals surface area contributed by atoms with Crippen LogP contribution in [0, 0.1) is 0 Å². The molecular weight excluding hydrogens is 348 g/mol. The van der Waals surface area contributed by atoms with Crippen LogP contribution in [0.5, 0.6) is 0 Å². The standard InChI is InChI=1S/C20H26N2O3S/c1-5-16-11-10-12-17(6-2)19(16)21-20(23)15(3)22(26(4,24)25)18-13-8-7-9-14-18/h7-15H,5-6H2,1-4H3,(H,21,23)/t15-/m0/s1. The summed E-state index contributed by atoms with van der Waals surface area (Å²) in [4.78, 5) is 12.9. The second kappa shape index (κ2) is 8.36. The molecule has 1 atom stereocenters. The SMILES string of the molecule is CCc1cccc(CC)c1NC(=O)[C@H](C)N(c1ccccc1)S(C)(=O)=O. The third-order valence-corrected chi connectivity index (χ3v) is 5.59. The van der Waals surface area contributed by atoms with E-state index in [1.54, 1.807) is 37.3 Å². The fourth-order valence-electron chi connectivity index (χ4n) is 3.01. The van der Waals surface area contributed by atoms with Crippen molar-refractivity contribution in [3.63, 3.8) is 0 Å². The molecule has 0 saturated carbocycles. The lowest BCUT2D eigenvalue weighted by Gasteiger charge is -2.28. The summed E-state index contributed by atoms with van der Waals surface area (Å²) in [5.74, 6) is -0.352. The number of carbonyl (C=O) groups is 1. The highest BCUT2D eigenvalue weighted by Crippen LogP contribution is 2.25. The highest BCUT2D eigenvalue weighted by atomic mass is 32.2. The maximum Gasteiger partial charge on any atom is 0.248 e. The number of sulfonamides is 1. The molecule has 0 heterocycles. The van der Waals surface area contributed by atoms with Gasteiger partial charge in [-0.25, -0.2) is 8.42 Å². The van der Waals surface area contributed by atoms with Gasteiger partial charge in [0.15, 0.2) is 0 Å². The molecule has 140 valence electrons. The number of hydrogen-bond donors (Lipinski definition) is 1. The summed E-state index contributed by atoms with van der Waals surface area (Å²) in [5.41, 5.74) is 3.33. The number of aryl methyl sites for hydroxylation is 2. The molecule has 2 aromatic rings. The Morgan fingerprint density at radius 1 is 1.00 bits per heavy atom. The van der Waals surface area contributed by atoms with Crippen molar-refractivity contribution in [2.45, 2.75) is 39.7 Å². The first-order valence-corrected chi connectivity index (χ1v) is 10.6. The van der Waals surface area contributed by atoms with Crippen molar-refractivity contribution < 1.29 is 13.2 Å². The van der Waals surface area contributed by atoms with E-state index in [2.05, 4.69) is 5.32 Å². The minimum absolute atomic E-state index is 0.352. The number of para-hydroxylation sites is 2. The summed E-state index contributed by atoms with van der Waals surface area (Å²) in [5, 5.41) is 2.96. The van der Waals surface area contributed by atoms with Gasteiger partial charge >= 0.3 is 0 Å². The van der Waals surface area contributed by atoms with Crippen LogP contribution in [0.4, 0.5) is 11.4 Å². The second-order valence-electron chi connectivity index (χ2n) is 6.22. The zero-order chi connectivity index (χ0) is 19.3. The van der Waals surface area contributed by atoms with Gasteiger partial charge in [-0.1, -0.05) is 50.2 Å². The molecule has 1 N–H and O–H groups in total. The van der Waals surface area contributed by atoms with Crippen LogP contribution in [-0.4, -0.2) is 26.6 Å². The van der Waals surface area contributed by atoms with Crippen LogP contribution >= 0.6 is 0 Å². The molecule has 0 unspecified atom stereocenters. The number of nitrogens with zero attached hydrogens (tertiary/aromatic N) is 1. The van der Waals surface area contributed by atoms with Crippen molar-refractivity contribution in [3.8, 4) is 0 Å². The van der Waals surface area contributed by atoms with E-state index in [0.717, 1.165) is 40.2 Å². The number of amides is 1. The van der Waals surface area contributed by atoms with E-state index in [-0.39, 0.29) is 5.91 Å². The van der Waals surface area contributed by atoms with E-state index in [1.807, 2.05) is 32.0 Å². The van der Waals surface area contributed by atoms with Crippen LogP contribution in [0.25, 0.3) is 0 Å². The topological polar surface area (TPSA) is 66.5 Å². The van der Waals surface area contributed by atoms with Gasteiger partial charge in [0.1, 0.15) is 6.04 Å². The molecule has 0 saturated heterocycles. The third kappa shape index (κ3) is 4.43. The maximum absolute atomic E-state index is 12.9. The van der Waals surface area contributed by atoms with E-state index in [0.29, 0.717) is 5.69 Å². The number of nitrogens with one attached hydrogen (secondary N) is 1. The number of benzene rings is 2. The van der Waals surface area contributed by atoms with Crippen molar-refractivity contribution >= 4 is 27.3 Å². The van der Waals surface area contributed by atoms with E-state index in [4.69, 9.17) is 0 Å². The lowest BCUT2D eigenvalue weighted by Crippen LogP contribution is -2.45. The van der Waals surface area contributed by atoms with E-state index < -0.39 is 16.1 Å². The average molecular weight is 375 g/mol. The van der Waals surface area contributed by atoms with Crippen LogP contribution in [-0.2, 0) is 27.7 Å². The molecule has 0 aromatic heterocycles. The number of rotatable bonds is 7. The van der Waals surface area contributed by atoms with Gasteiger partial charge in [0.05, 0.1) is 11.9 Å². The minimum atomic E-state index is -3.61. The molecule has 0 fully saturated rings.